The van der Waals surface area contributed by atoms with E-state index in [1.165, 1.54) is 19.2 Å². The largest absolute Gasteiger partial charge is 0.494 e. The van der Waals surface area contributed by atoms with E-state index in [0.717, 1.165) is 16.3 Å². The van der Waals surface area contributed by atoms with Gasteiger partial charge in [-0.25, -0.2) is 14.5 Å². The van der Waals surface area contributed by atoms with Crippen LogP contribution in [0.25, 0.3) is 21.8 Å². The number of carbonyl (C=O) groups excluding carboxylic acids is 3. The number of anilines is 1. The Morgan fingerprint density at radius 1 is 0.977 bits per heavy atom. The summed E-state index contributed by atoms with van der Waals surface area (Å²) in [4.78, 5) is 42.1. The molecule has 4 amide bonds. The van der Waals surface area contributed by atoms with E-state index >= 15 is 0 Å². The second-order valence-electron chi connectivity index (χ2n) is 10.2. The first kappa shape index (κ1) is 29.9. The van der Waals surface area contributed by atoms with Gasteiger partial charge in [0.05, 0.1) is 18.3 Å². The standard InChI is InChI=1S/C31H35N9O4/c1-4-39-25(14-19(2)38-39)29(42)37-30-36-24-16-23(28(32)41)17-26(44-3)27(24)40(30)35-13-7-12-33-31(43)34-18-20-10-11-21-8-5-6-9-22(21)15-20/h5-6,8-11,14-17,35H,4,7,12-13,18H2,1-3H3,(H2,32,41)(H2,33,34,43)(H,36,37,42). The summed E-state index contributed by atoms with van der Waals surface area (Å²) in [5.74, 6) is -0.500. The van der Waals surface area contributed by atoms with Gasteiger partial charge in [-0.1, -0.05) is 36.4 Å². The lowest BCUT2D eigenvalue weighted by Gasteiger charge is -2.15. The Morgan fingerprint density at radius 3 is 2.52 bits per heavy atom. The van der Waals surface area contributed by atoms with E-state index in [1.54, 1.807) is 15.4 Å². The number of nitrogens with one attached hydrogen (secondary N) is 4. The Labute approximate surface area is 253 Å². The summed E-state index contributed by atoms with van der Waals surface area (Å²) in [5.41, 5.74) is 12.0. The number of benzene rings is 3. The Kier molecular flexibility index (Phi) is 8.93. The molecule has 0 radical (unpaired) electrons. The van der Waals surface area contributed by atoms with E-state index in [0.29, 0.717) is 60.8 Å². The lowest BCUT2D eigenvalue weighted by Crippen LogP contribution is -2.36. The van der Waals surface area contributed by atoms with Crippen molar-refractivity contribution >= 4 is 45.6 Å². The van der Waals surface area contributed by atoms with Gasteiger partial charge in [-0.3, -0.25) is 19.6 Å². The maximum Gasteiger partial charge on any atom is 0.315 e. The van der Waals surface area contributed by atoms with E-state index in [9.17, 15) is 14.4 Å². The second kappa shape index (κ2) is 13.2. The summed E-state index contributed by atoms with van der Waals surface area (Å²) in [6.45, 7) is 5.43. The van der Waals surface area contributed by atoms with Crippen LogP contribution in [0.2, 0.25) is 0 Å². The van der Waals surface area contributed by atoms with Crippen LogP contribution in [0.3, 0.4) is 0 Å². The molecule has 0 aliphatic heterocycles. The summed E-state index contributed by atoms with van der Waals surface area (Å²) >= 11 is 0. The molecule has 0 atom stereocenters. The molecule has 0 spiro atoms. The average molecular weight is 598 g/mol. The van der Waals surface area contributed by atoms with Crippen molar-refractivity contribution in [3.63, 3.8) is 0 Å². The Hall–Kier alpha value is -5.59. The monoisotopic (exact) mass is 597 g/mol. The number of aromatic nitrogens is 4. The van der Waals surface area contributed by atoms with Gasteiger partial charge < -0.3 is 26.5 Å². The number of aryl methyl sites for hydroxylation is 2. The van der Waals surface area contributed by atoms with Crippen molar-refractivity contribution in [1.29, 1.82) is 0 Å². The number of nitrogens with two attached hydrogens (primary N) is 1. The van der Waals surface area contributed by atoms with E-state index in [2.05, 4.69) is 37.5 Å². The number of methoxy groups -OCH3 is 1. The molecule has 3 aromatic carbocycles. The molecule has 44 heavy (non-hydrogen) atoms. The molecule has 0 aliphatic carbocycles. The summed E-state index contributed by atoms with van der Waals surface area (Å²) in [5, 5.41) is 15.2. The zero-order valence-electron chi connectivity index (χ0n) is 24.8. The molecular weight excluding hydrogens is 562 g/mol. The summed E-state index contributed by atoms with van der Waals surface area (Å²) in [6, 6.07) is 18.6. The number of primary amides is 1. The van der Waals surface area contributed by atoms with Crippen molar-refractivity contribution in [2.45, 2.75) is 33.4 Å². The van der Waals surface area contributed by atoms with Gasteiger partial charge >= 0.3 is 6.03 Å². The lowest BCUT2D eigenvalue weighted by atomic mass is 10.1. The normalized spacial score (nSPS) is 11.0. The number of amides is 4. The van der Waals surface area contributed by atoms with Crippen LogP contribution in [-0.2, 0) is 13.1 Å². The SMILES string of the molecule is CCn1nc(C)cc1C(=O)Nc1nc2cc(C(N)=O)cc(OC)c2n1NCCCNC(=O)NCc1ccc2ccccc2c1. The van der Waals surface area contributed by atoms with Crippen molar-refractivity contribution in [2.75, 3.05) is 30.9 Å². The highest BCUT2D eigenvalue weighted by molar-refractivity contribution is 6.04. The number of nitrogens with zero attached hydrogens (tertiary/aromatic N) is 4. The number of rotatable bonds is 12. The van der Waals surface area contributed by atoms with Gasteiger partial charge in [0.1, 0.15) is 17.0 Å². The molecule has 5 rings (SSSR count). The highest BCUT2D eigenvalue weighted by Crippen LogP contribution is 2.30. The number of hydrogen-bond donors (Lipinski definition) is 5. The van der Waals surface area contributed by atoms with Crippen LogP contribution in [0.5, 0.6) is 5.75 Å². The molecule has 0 saturated heterocycles. The first-order chi connectivity index (χ1) is 21.3. The fourth-order valence-electron chi connectivity index (χ4n) is 4.92. The van der Waals surface area contributed by atoms with E-state index in [4.69, 9.17) is 10.5 Å². The third-order valence-corrected chi connectivity index (χ3v) is 7.06. The summed E-state index contributed by atoms with van der Waals surface area (Å²) in [6.07, 6.45) is 0.555. The number of carbonyl (C=O) groups is 3. The highest BCUT2D eigenvalue weighted by atomic mass is 16.5. The first-order valence-electron chi connectivity index (χ1n) is 14.3. The summed E-state index contributed by atoms with van der Waals surface area (Å²) < 4.78 is 8.75. The van der Waals surface area contributed by atoms with Gasteiger partial charge in [0, 0.05) is 31.7 Å². The topological polar surface area (TPSA) is 170 Å². The average Bonchev–Trinajstić information content (AvgIpc) is 3.58. The van der Waals surface area contributed by atoms with Crippen molar-refractivity contribution in [3.8, 4) is 5.75 Å². The molecule has 228 valence electrons. The van der Waals surface area contributed by atoms with Gasteiger partial charge in [-0.2, -0.15) is 5.10 Å². The van der Waals surface area contributed by atoms with Gasteiger partial charge in [-0.05, 0) is 60.9 Å². The molecule has 13 heteroatoms. The predicted octanol–water partition coefficient (Wildman–Crippen LogP) is 3.51. The van der Waals surface area contributed by atoms with Crippen LogP contribution in [-0.4, -0.2) is 57.5 Å². The number of fused-ring (bicyclic) bond motifs is 2. The van der Waals surface area contributed by atoms with Gasteiger partial charge in [0.2, 0.25) is 11.9 Å². The first-order valence-corrected chi connectivity index (χ1v) is 14.3. The molecule has 5 aromatic rings. The van der Waals surface area contributed by atoms with Crippen molar-refractivity contribution in [2.24, 2.45) is 5.73 Å². The van der Waals surface area contributed by atoms with Gasteiger partial charge in [-0.15, -0.1) is 0 Å². The number of hydrogen-bond acceptors (Lipinski definition) is 7. The van der Waals surface area contributed by atoms with Crippen LogP contribution in [0.1, 0.15) is 45.4 Å². The smallest absolute Gasteiger partial charge is 0.315 e. The van der Waals surface area contributed by atoms with E-state index in [-0.39, 0.29) is 17.5 Å². The van der Waals surface area contributed by atoms with Crippen LogP contribution in [0, 0.1) is 6.92 Å². The zero-order chi connectivity index (χ0) is 31.2. The van der Waals surface area contributed by atoms with Crippen molar-refractivity contribution in [1.82, 2.24) is 30.1 Å². The Balaban J connectivity index is 1.24. The maximum absolute atomic E-state index is 13.2. The molecule has 6 N–H and O–H groups in total. The van der Waals surface area contributed by atoms with E-state index in [1.807, 2.05) is 50.2 Å². The van der Waals surface area contributed by atoms with Crippen LogP contribution in [0.4, 0.5) is 10.7 Å². The van der Waals surface area contributed by atoms with E-state index < -0.39 is 11.8 Å². The molecule has 0 saturated carbocycles. The molecule has 0 fully saturated rings. The zero-order valence-corrected chi connectivity index (χ0v) is 24.8. The Morgan fingerprint density at radius 2 is 1.77 bits per heavy atom. The number of imidazole rings is 1. The molecule has 0 unspecified atom stereocenters. The predicted molar refractivity (Wildman–Crippen MR) is 168 cm³/mol. The Bertz CT molecular complexity index is 1840. The third-order valence-electron chi connectivity index (χ3n) is 7.06. The molecule has 2 aromatic heterocycles. The van der Waals surface area contributed by atoms with Gasteiger partial charge in [0.25, 0.3) is 5.91 Å². The molecule has 2 heterocycles. The summed E-state index contributed by atoms with van der Waals surface area (Å²) in [7, 11) is 1.47. The second-order valence-corrected chi connectivity index (χ2v) is 10.2. The highest BCUT2D eigenvalue weighted by Gasteiger charge is 2.21. The molecular formula is C31H35N9O4. The van der Waals surface area contributed by atoms with Crippen molar-refractivity contribution in [3.05, 3.63) is 83.2 Å². The number of urea groups is 1. The third kappa shape index (κ3) is 6.56. The van der Waals surface area contributed by atoms with Crippen LogP contribution >= 0.6 is 0 Å². The quantitative estimate of drug-likeness (QED) is 0.137. The van der Waals surface area contributed by atoms with Gasteiger partial charge in [0.15, 0.2) is 0 Å². The fraction of sp³-hybridized carbons (Fsp3) is 0.258. The van der Waals surface area contributed by atoms with Crippen molar-refractivity contribution < 1.29 is 19.1 Å². The number of ether oxygens (including phenoxy) is 1. The molecule has 0 aliphatic rings. The minimum Gasteiger partial charge on any atom is -0.494 e. The minimum absolute atomic E-state index is 0.188. The minimum atomic E-state index is -0.634. The molecule has 0 bridgehead atoms. The molecule has 13 nitrogen and oxygen atoms in total. The van der Waals surface area contributed by atoms with Crippen LogP contribution in [0.15, 0.2) is 60.7 Å². The lowest BCUT2D eigenvalue weighted by molar-refractivity contribution is 0.0995. The fourth-order valence-corrected chi connectivity index (χ4v) is 4.92. The maximum atomic E-state index is 13.2. The van der Waals surface area contributed by atoms with Crippen LogP contribution < -0.4 is 31.8 Å².